The van der Waals surface area contributed by atoms with Crippen LogP contribution in [0.25, 0.3) is 0 Å². The fraction of sp³-hybridized carbons (Fsp3) is 0.455. The summed E-state index contributed by atoms with van der Waals surface area (Å²) >= 11 is 5.79. The van der Waals surface area contributed by atoms with Crippen LogP contribution in [0.4, 0.5) is 0 Å². The summed E-state index contributed by atoms with van der Waals surface area (Å²) in [5, 5.41) is 0. The Kier molecular flexibility index (Phi) is 6.53. The van der Waals surface area contributed by atoms with Gasteiger partial charge in [-0.05, 0) is 25.5 Å². The third-order valence-electron chi connectivity index (χ3n) is 2.24. The molecule has 0 aliphatic rings. The lowest BCUT2D eigenvalue weighted by molar-refractivity contribution is -0.143. The van der Waals surface area contributed by atoms with Crippen molar-refractivity contribution in [3.8, 4) is 0 Å². The predicted octanol–water partition coefficient (Wildman–Crippen LogP) is 1.00. The number of nitrogens with two attached hydrogens (primary N) is 1. The number of thiophene rings is 1. The van der Waals surface area contributed by atoms with Crippen LogP contribution < -0.4 is 10.5 Å². The standard InChI is InChI=1S/C11H16N2O4S3/c1-2-17-9(14)4-3-7-13-20(15,16)10-6-5-8(19-10)11(12)18/h5-6,13H,2-4,7H2,1H3,(H2,12,18). The monoisotopic (exact) mass is 336 g/mol. The van der Waals surface area contributed by atoms with Crippen molar-refractivity contribution in [2.75, 3.05) is 13.2 Å². The van der Waals surface area contributed by atoms with E-state index in [1.165, 1.54) is 6.07 Å². The zero-order valence-corrected chi connectivity index (χ0v) is 13.4. The van der Waals surface area contributed by atoms with E-state index in [9.17, 15) is 13.2 Å². The van der Waals surface area contributed by atoms with Gasteiger partial charge in [-0.1, -0.05) is 12.2 Å². The summed E-state index contributed by atoms with van der Waals surface area (Å²) in [6, 6.07) is 3.02. The van der Waals surface area contributed by atoms with Crippen LogP contribution in [0.2, 0.25) is 0 Å². The van der Waals surface area contributed by atoms with Crippen LogP contribution >= 0.6 is 23.6 Å². The summed E-state index contributed by atoms with van der Waals surface area (Å²) in [5.74, 6) is -0.335. The van der Waals surface area contributed by atoms with E-state index in [4.69, 9.17) is 22.7 Å². The van der Waals surface area contributed by atoms with Crippen molar-refractivity contribution in [2.24, 2.45) is 5.73 Å². The van der Waals surface area contributed by atoms with Crippen LogP contribution in [-0.2, 0) is 19.6 Å². The first-order valence-corrected chi connectivity index (χ1v) is 8.62. The van der Waals surface area contributed by atoms with Crippen molar-refractivity contribution in [1.82, 2.24) is 4.72 Å². The molecule has 20 heavy (non-hydrogen) atoms. The average molecular weight is 336 g/mol. The van der Waals surface area contributed by atoms with Crippen molar-refractivity contribution in [2.45, 2.75) is 24.0 Å². The number of thiocarbonyl (C=S) groups is 1. The van der Waals surface area contributed by atoms with Crippen molar-refractivity contribution < 1.29 is 17.9 Å². The van der Waals surface area contributed by atoms with Crippen molar-refractivity contribution >= 4 is 44.5 Å². The Morgan fingerprint density at radius 1 is 1.50 bits per heavy atom. The summed E-state index contributed by atoms with van der Waals surface area (Å²) in [6.07, 6.45) is 0.560. The van der Waals surface area contributed by atoms with Gasteiger partial charge in [0, 0.05) is 13.0 Å². The molecule has 112 valence electrons. The fourth-order valence-corrected chi connectivity index (χ4v) is 3.81. The molecule has 0 aliphatic heterocycles. The number of hydrogen-bond acceptors (Lipinski definition) is 6. The second kappa shape index (κ2) is 7.67. The second-order valence-electron chi connectivity index (χ2n) is 3.79. The van der Waals surface area contributed by atoms with Gasteiger partial charge in [-0.2, -0.15) is 0 Å². The Bertz CT molecular complexity index is 580. The van der Waals surface area contributed by atoms with E-state index in [1.807, 2.05) is 0 Å². The minimum atomic E-state index is -3.58. The zero-order valence-electron chi connectivity index (χ0n) is 10.9. The second-order valence-corrected chi connectivity index (χ2v) is 7.31. The molecule has 1 heterocycles. The molecule has 3 N–H and O–H groups in total. The van der Waals surface area contributed by atoms with Crippen LogP contribution in [0, 0.1) is 0 Å². The van der Waals surface area contributed by atoms with Crippen molar-refractivity contribution in [3.63, 3.8) is 0 Å². The number of carbonyl (C=O) groups excluding carboxylic acids is 1. The molecule has 1 aromatic rings. The maximum absolute atomic E-state index is 11.9. The summed E-state index contributed by atoms with van der Waals surface area (Å²) in [6.45, 7) is 2.21. The van der Waals surface area contributed by atoms with Gasteiger partial charge in [0.15, 0.2) is 0 Å². The van der Waals surface area contributed by atoms with E-state index in [0.717, 1.165) is 11.3 Å². The molecule has 0 radical (unpaired) electrons. The smallest absolute Gasteiger partial charge is 0.305 e. The number of rotatable bonds is 8. The van der Waals surface area contributed by atoms with Gasteiger partial charge in [-0.3, -0.25) is 4.79 Å². The number of sulfonamides is 1. The maximum Gasteiger partial charge on any atom is 0.305 e. The molecule has 0 atom stereocenters. The molecule has 0 amide bonds. The number of ether oxygens (including phenoxy) is 1. The fourth-order valence-electron chi connectivity index (χ4n) is 1.34. The van der Waals surface area contributed by atoms with Crippen LogP contribution in [-0.4, -0.2) is 32.5 Å². The molecule has 0 bridgehead atoms. The third kappa shape index (κ3) is 5.16. The molecule has 0 unspecified atom stereocenters. The van der Waals surface area contributed by atoms with Crippen LogP contribution in [0.1, 0.15) is 24.6 Å². The van der Waals surface area contributed by atoms with Gasteiger partial charge in [0.1, 0.15) is 9.20 Å². The lowest BCUT2D eigenvalue weighted by Crippen LogP contribution is -2.24. The normalized spacial score (nSPS) is 11.2. The maximum atomic E-state index is 11.9. The van der Waals surface area contributed by atoms with Gasteiger partial charge < -0.3 is 10.5 Å². The molecular weight excluding hydrogens is 320 g/mol. The van der Waals surface area contributed by atoms with Gasteiger partial charge in [-0.15, -0.1) is 11.3 Å². The van der Waals surface area contributed by atoms with Gasteiger partial charge >= 0.3 is 5.97 Å². The van der Waals surface area contributed by atoms with E-state index in [-0.39, 0.29) is 28.1 Å². The average Bonchev–Trinajstić information content (AvgIpc) is 2.85. The summed E-state index contributed by atoms with van der Waals surface area (Å²) < 4.78 is 31.2. The van der Waals surface area contributed by atoms with Crippen LogP contribution in [0.5, 0.6) is 0 Å². The highest BCUT2D eigenvalue weighted by Gasteiger charge is 2.17. The van der Waals surface area contributed by atoms with E-state index < -0.39 is 10.0 Å². The molecule has 0 saturated heterocycles. The highest BCUT2D eigenvalue weighted by Crippen LogP contribution is 2.21. The van der Waals surface area contributed by atoms with E-state index in [0.29, 0.717) is 17.9 Å². The Morgan fingerprint density at radius 3 is 2.75 bits per heavy atom. The molecule has 0 aromatic carbocycles. The first-order chi connectivity index (χ1) is 9.36. The molecule has 1 aromatic heterocycles. The SMILES string of the molecule is CCOC(=O)CCCNS(=O)(=O)c1ccc(C(N)=S)s1. The van der Waals surface area contributed by atoms with Gasteiger partial charge in [0.25, 0.3) is 0 Å². The molecule has 0 spiro atoms. The van der Waals surface area contributed by atoms with E-state index >= 15 is 0 Å². The molecule has 0 saturated carbocycles. The Morgan fingerprint density at radius 2 is 2.20 bits per heavy atom. The number of hydrogen-bond donors (Lipinski definition) is 2. The molecule has 9 heteroatoms. The summed E-state index contributed by atoms with van der Waals surface area (Å²) in [4.78, 5) is 11.8. The molecule has 0 aliphatic carbocycles. The minimum Gasteiger partial charge on any atom is -0.466 e. The first kappa shape index (κ1) is 17.0. The topological polar surface area (TPSA) is 98.5 Å². The molecular formula is C11H16N2O4S3. The zero-order chi connectivity index (χ0) is 15.2. The molecule has 0 fully saturated rings. The Hall–Kier alpha value is -1.03. The molecule has 6 nitrogen and oxygen atoms in total. The highest BCUT2D eigenvalue weighted by molar-refractivity contribution is 7.91. The van der Waals surface area contributed by atoms with Crippen LogP contribution in [0.15, 0.2) is 16.3 Å². The van der Waals surface area contributed by atoms with Gasteiger partial charge in [-0.25, -0.2) is 13.1 Å². The number of esters is 1. The number of carbonyl (C=O) groups is 1. The van der Waals surface area contributed by atoms with Crippen molar-refractivity contribution in [1.29, 1.82) is 0 Å². The van der Waals surface area contributed by atoms with Gasteiger partial charge in [0.05, 0.1) is 11.5 Å². The van der Waals surface area contributed by atoms with E-state index in [1.54, 1.807) is 13.0 Å². The lowest BCUT2D eigenvalue weighted by Gasteiger charge is -2.04. The Balaban J connectivity index is 2.49. The lowest BCUT2D eigenvalue weighted by atomic mass is 10.3. The summed E-state index contributed by atoms with van der Waals surface area (Å²) in [5.41, 5.74) is 5.43. The highest BCUT2D eigenvalue weighted by atomic mass is 32.2. The predicted molar refractivity (Wildman–Crippen MR) is 81.3 cm³/mol. The minimum absolute atomic E-state index is 0.149. The Labute approximate surface area is 127 Å². The third-order valence-corrected chi connectivity index (χ3v) is 5.66. The summed E-state index contributed by atoms with van der Waals surface area (Å²) in [7, 11) is -3.58. The van der Waals surface area contributed by atoms with E-state index in [2.05, 4.69) is 4.72 Å². The quantitative estimate of drug-likeness (QED) is 0.417. The van der Waals surface area contributed by atoms with Gasteiger partial charge in [0.2, 0.25) is 10.0 Å². The van der Waals surface area contributed by atoms with Crippen molar-refractivity contribution in [3.05, 3.63) is 17.0 Å². The van der Waals surface area contributed by atoms with Crippen LogP contribution in [0.3, 0.4) is 0 Å². The largest absolute Gasteiger partial charge is 0.466 e. The molecule has 1 rings (SSSR count). The number of nitrogens with one attached hydrogen (secondary N) is 1. The first-order valence-electron chi connectivity index (χ1n) is 5.91.